The number of rotatable bonds is 7. The van der Waals surface area contributed by atoms with E-state index in [-0.39, 0.29) is 7.33 Å². The maximum atomic E-state index is 12.3. The predicted molar refractivity (Wildman–Crippen MR) is 122 cm³/mol. The molecule has 0 saturated carbocycles. The van der Waals surface area contributed by atoms with Gasteiger partial charge in [0.1, 0.15) is 11.9 Å². The van der Waals surface area contributed by atoms with E-state index in [0.29, 0.717) is 11.7 Å². The number of benzene rings is 2. The Labute approximate surface area is 174 Å². The minimum Gasteiger partial charge on any atom is -0.490 e. The molecule has 1 heterocycles. The van der Waals surface area contributed by atoms with E-state index >= 15 is 0 Å². The Balaban J connectivity index is 0.00000320. The van der Waals surface area contributed by atoms with Crippen molar-refractivity contribution in [2.75, 3.05) is 25.5 Å². The topological polar surface area (TPSA) is 41.6 Å². The molecule has 4 heteroatoms. The van der Waals surface area contributed by atoms with Crippen LogP contribution in [0.3, 0.4) is 0 Å². The fourth-order valence-electron chi connectivity index (χ4n) is 3.36. The molecule has 0 bridgehead atoms. The van der Waals surface area contributed by atoms with Gasteiger partial charge in [-0.2, -0.15) is 0 Å². The summed E-state index contributed by atoms with van der Waals surface area (Å²) in [5, 5.41) is 2.90. The van der Waals surface area contributed by atoms with Crippen molar-refractivity contribution < 1.29 is 11.0 Å². The minimum absolute atomic E-state index is 0. The highest BCUT2D eigenvalue weighted by Crippen LogP contribution is 2.26. The van der Waals surface area contributed by atoms with Crippen molar-refractivity contribution in [3.8, 4) is 16.9 Å². The van der Waals surface area contributed by atoms with E-state index in [1.165, 1.54) is 6.08 Å². The van der Waals surface area contributed by atoms with Crippen LogP contribution >= 0.6 is 0 Å². The van der Waals surface area contributed by atoms with Crippen molar-refractivity contribution in [2.24, 2.45) is 0 Å². The van der Waals surface area contributed by atoms with Crippen LogP contribution in [0.15, 0.2) is 85.5 Å². The van der Waals surface area contributed by atoms with Gasteiger partial charge < -0.3 is 15.0 Å². The predicted octanol–water partition coefficient (Wildman–Crippen LogP) is 5.31. The standard InChI is InChI=1S/C25H28N2O2.H2/c1-4-7-19(5-2)25(28)26-22-9-6-8-21(18-22)20-10-12-23(13-11-20)29-24-14-16-27(3)17-15-24;/h4-13,18,24H,1-2,14-17H2,3H3,(H,26,28);1H/b19-7+;. The molecule has 2 aromatic rings. The molecule has 0 atom stereocenters. The SMILES string of the molecule is C=C/C=C(\C=C)C(=O)Nc1cccc(-c2ccc(OC3CCN(C)CC3)cc2)c1.[HH]. The van der Waals surface area contributed by atoms with Gasteiger partial charge in [0.05, 0.1) is 0 Å². The summed E-state index contributed by atoms with van der Waals surface area (Å²) in [4.78, 5) is 14.7. The van der Waals surface area contributed by atoms with Gasteiger partial charge in [-0.15, -0.1) is 0 Å². The van der Waals surface area contributed by atoms with Gasteiger partial charge in [0.2, 0.25) is 0 Å². The van der Waals surface area contributed by atoms with Gasteiger partial charge >= 0.3 is 0 Å². The van der Waals surface area contributed by atoms with Crippen LogP contribution in [0.4, 0.5) is 5.69 Å². The number of anilines is 1. The van der Waals surface area contributed by atoms with E-state index in [9.17, 15) is 4.79 Å². The average Bonchev–Trinajstić information content (AvgIpc) is 2.74. The van der Waals surface area contributed by atoms with Crippen LogP contribution in [0.5, 0.6) is 5.75 Å². The fraction of sp³-hybridized carbons (Fsp3) is 0.240. The van der Waals surface area contributed by atoms with Crippen molar-refractivity contribution >= 4 is 11.6 Å². The molecule has 3 rings (SSSR count). The van der Waals surface area contributed by atoms with Crippen molar-refractivity contribution in [2.45, 2.75) is 18.9 Å². The third-order valence-corrected chi connectivity index (χ3v) is 5.06. The van der Waals surface area contributed by atoms with Crippen LogP contribution in [-0.4, -0.2) is 37.0 Å². The van der Waals surface area contributed by atoms with Gasteiger partial charge in [-0.1, -0.05) is 55.7 Å². The molecular formula is C25H30N2O2. The number of carbonyl (C=O) groups excluding carboxylic acids is 1. The summed E-state index contributed by atoms with van der Waals surface area (Å²) in [7, 11) is 2.15. The normalized spacial score (nSPS) is 15.6. The quantitative estimate of drug-likeness (QED) is 0.515. The third kappa shape index (κ3) is 5.69. The molecule has 152 valence electrons. The summed E-state index contributed by atoms with van der Waals surface area (Å²) >= 11 is 0. The largest absolute Gasteiger partial charge is 0.490 e. The highest BCUT2D eigenvalue weighted by Gasteiger charge is 2.17. The van der Waals surface area contributed by atoms with Crippen molar-refractivity contribution in [1.82, 2.24) is 4.90 Å². The van der Waals surface area contributed by atoms with E-state index < -0.39 is 0 Å². The monoisotopic (exact) mass is 390 g/mol. The van der Waals surface area contributed by atoms with Gasteiger partial charge in [0, 0.05) is 25.8 Å². The molecule has 1 N–H and O–H groups in total. The second-order valence-corrected chi connectivity index (χ2v) is 7.24. The lowest BCUT2D eigenvalue weighted by Gasteiger charge is -2.29. The van der Waals surface area contributed by atoms with Gasteiger partial charge in [-0.3, -0.25) is 4.79 Å². The number of hydrogen-bond donors (Lipinski definition) is 1. The lowest BCUT2D eigenvalue weighted by Crippen LogP contribution is -2.35. The van der Waals surface area contributed by atoms with Gasteiger partial charge in [-0.05, 0) is 55.3 Å². The summed E-state index contributed by atoms with van der Waals surface area (Å²) in [6.45, 7) is 9.45. The highest BCUT2D eigenvalue weighted by molar-refractivity contribution is 6.06. The van der Waals surface area contributed by atoms with Crippen LogP contribution in [-0.2, 0) is 4.79 Å². The molecule has 29 heavy (non-hydrogen) atoms. The molecule has 0 unspecified atom stereocenters. The molecule has 2 aromatic carbocycles. The summed E-state index contributed by atoms with van der Waals surface area (Å²) in [6, 6.07) is 15.9. The Morgan fingerprint density at radius 1 is 1.14 bits per heavy atom. The first-order chi connectivity index (χ1) is 14.1. The molecule has 1 amide bonds. The molecule has 1 aliphatic heterocycles. The number of carbonyl (C=O) groups is 1. The number of allylic oxidation sites excluding steroid dienone is 2. The number of nitrogens with zero attached hydrogens (tertiary/aromatic N) is 1. The van der Waals surface area contributed by atoms with Crippen LogP contribution in [0.25, 0.3) is 11.1 Å². The Morgan fingerprint density at radius 3 is 2.52 bits per heavy atom. The first kappa shape index (κ1) is 20.6. The minimum atomic E-state index is -0.209. The molecule has 0 aromatic heterocycles. The van der Waals surface area contributed by atoms with Crippen LogP contribution in [0.2, 0.25) is 0 Å². The second kappa shape index (κ2) is 9.89. The maximum Gasteiger partial charge on any atom is 0.255 e. The smallest absolute Gasteiger partial charge is 0.255 e. The molecule has 1 fully saturated rings. The van der Waals surface area contributed by atoms with E-state index in [0.717, 1.165) is 48.5 Å². The number of hydrogen-bond acceptors (Lipinski definition) is 3. The van der Waals surface area contributed by atoms with Gasteiger partial charge in [0.25, 0.3) is 5.91 Å². The lowest BCUT2D eigenvalue weighted by atomic mass is 10.0. The van der Waals surface area contributed by atoms with E-state index in [2.05, 4.69) is 42.6 Å². The summed E-state index contributed by atoms with van der Waals surface area (Å²) in [5.41, 5.74) is 3.31. The van der Waals surface area contributed by atoms with E-state index in [1.54, 1.807) is 12.2 Å². The van der Waals surface area contributed by atoms with Crippen LogP contribution < -0.4 is 10.1 Å². The van der Waals surface area contributed by atoms with E-state index in [1.807, 2.05) is 36.4 Å². The number of nitrogens with one attached hydrogen (secondary N) is 1. The highest BCUT2D eigenvalue weighted by atomic mass is 16.5. The van der Waals surface area contributed by atoms with Crippen molar-refractivity contribution in [3.05, 3.63) is 85.5 Å². The van der Waals surface area contributed by atoms with Crippen LogP contribution in [0.1, 0.15) is 14.3 Å². The zero-order valence-electron chi connectivity index (χ0n) is 16.9. The van der Waals surface area contributed by atoms with Crippen molar-refractivity contribution in [1.29, 1.82) is 0 Å². The molecule has 0 aliphatic carbocycles. The molecule has 0 spiro atoms. The van der Waals surface area contributed by atoms with E-state index in [4.69, 9.17) is 4.74 Å². The Hall–Kier alpha value is -3.11. The first-order valence-corrected chi connectivity index (χ1v) is 9.91. The summed E-state index contributed by atoms with van der Waals surface area (Å²) in [5.74, 6) is 0.692. The molecule has 4 nitrogen and oxygen atoms in total. The van der Waals surface area contributed by atoms with Gasteiger partial charge in [0.15, 0.2) is 0 Å². The zero-order valence-corrected chi connectivity index (χ0v) is 16.9. The zero-order chi connectivity index (χ0) is 20.6. The van der Waals surface area contributed by atoms with Gasteiger partial charge in [-0.25, -0.2) is 0 Å². The number of ether oxygens (including phenoxy) is 1. The number of likely N-dealkylation sites (tertiary alicyclic amines) is 1. The fourth-order valence-corrected chi connectivity index (χ4v) is 3.36. The second-order valence-electron chi connectivity index (χ2n) is 7.24. The molecule has 1 saturated heterocycles. The summed E-state index contributed by atoms with van der Waals surface area (Å²) in [6.07, 6.45) is 7.14. The third-order valence-electron chi connectivity index (χ3n) is 5.06. The number of piperidine rings is 1. The average molecular weight is 391 g/mol. The maximum absolute atomic E-state index is 12.3. The Kier molecular flexibility index (Phi) is 7.04. The first-order valence-electron chi connectivity index (χ1n) is 9.91. The van der Waals surface area contributed by atoms with Crippen LogP contribution in [0, 0.1) is 0 Å². The molecule has 0 radical (unpaired) electrons. The molecular weight excluding hydrogens is 360 g/mol. The molecule has 1 aliphatic rings. The number of amides is 1. The van der Waals surface area contributed by atoms with Crippen molar-refractivity contribution in [3.63, 3.8) is 0 Å². The Bertz CT molecular complexity index is 898. The summed E-state index contributed by atoms with van der Waals surface area (Å²) < 4.78 is 6.13. The lowest BCUT2D eigenvalue weighted by molar-refractivity contribution is -0.112. The Morgan fingerprint density at radius 2 is 1.86 bits per heavy atom.